The summed E-state index contributed by atoms with van der Waals surface area (Å²) in [6.07, 6.45) is 0.582. The van der Waals surface area contributed by atoms with Crippen LogP contribution in [0.2, 0.25) is 0 Å². The molecule has 1 aromatic carbocycles. The Morgan fingerprint density at radius 1 is 1.11 bits per heavy atom. The SMILES string of the molecule is COC1(Cc2ccccc2)[N]CCNC1(OC)OC. The molecule has 0 aromatic heterocycles. The Morgan fingerprint density at radius 3 is 2.37 bits per heavy atom. The molecule has 5 heteroatoms. The van der Waals surface area contributed by atoms with Gasteiger partial charge in [0.15, 0.2) is 0 Å². The zero-order valence-corrected chi connectivity index (χ0v) is 11.7. The van der Waals surface area contributed by atoms with Crippen LogP contribution in [0.1, 0.15) is 5.56 Å². The van der Waals surface area contributed by atoms with E-state index in [9.17, 15) is 0 Å². The highest BCUT2D eigenvalue weighted by atomic mass is 16.7. The van der Waals surface area contributed by atoms with Gasteiger partial charge in [-0.25, -0.2) is 5.32 Å². The Kier molecular flexibility index (Phi) is 4.54. The van der Waals surface area contributed by atoms with Crippen molar-refractivity contribution in [2.45, 2.75) is 18.1 Å². The van der Waals surface area contributed by atoms with E-state index in [2.05, 4.69) is 10.6 Å². The second-order valence-corrected chi connectivity index (χ2v) is 4.48. The van der Waals surface area contributed by atoms with Crippen LogP contribution in [0.25, 0.3) is 0 Å². The number of rotatable bonds is 5. The van der Waals surface area contributed by atoms with E-state index in [1.165, 1.54) is 0 Å². The van der Waals surface area contributed by atoms with Gasteiger partial charge >= 0.3 is 0 Å². The van der Waals surface area contributed by atoms with Crippen LogP contribution < -0.4 is 10.6 Å². The quantitative estimate of drug-likeness (QED) is 0.797. The molecule has 5 nitrogen and oxygen atoms in total. The molecule has 1 saturated heterocycles. The minimum Gasteiger partial charge on any atom is -0.355 e. The van der Waals surface area contributed by atoms with Gasteiger partial charge in [0.2, 0.25) is 5.72 Å². The lowest BCUT2D eigenvalue weighted by atomic mass is 9.96. The summed E-state index contributed by atoms with van der Waals surface area (Å²) in [6.45, 7) is 1.36. The summed E-state index contributed by atoms with van der Waals surface area (Å²) in [5.74, 6) is -1.06. The highest BCUT2D eigenvalue weighted by Gasteiger charge is 2.56. The van der Waals surface area contributed by atoms with Crippen molar-refractivity contribution in [3.63, 3.8) is 0 Å². The number of hydrogen-bond acceptors (Lipinski definition) is 4. The van der Waals surface area contributed by atoms with Gasteiger partial charge in [-0.3, -0.25) is 5.32 Å². The van der Waals surface area contributed by atoms with E-state index in [1.54, 1.807) is 21.3 Å². The van der Waals surface area contributed by atoms with Gasteiger partial charge in [0.05, 0.1) is 0 Å². The first-order valence-electron chi connectivity index (χ1n) is 6.35. The molecule has 1 aliphatic heterocycles. The third-order valence-corrected chi connectivity index (χ3v) is 3.55. The number of ether oxygens (including phenoxy) is 3. The van der Waals surface area contributed by atoms with Crippen molar-refractivity contribution in [2.24, 2.45) is 0 Å². The van der Waals surface area contributed by atoms with Crippen molar-refractivity contribution in [1.29, 1.82) is 0 Å². The van der Waals surface area contributed by atoms with Gasteiger partial charge in [-0.1, -0.05) is 30.3 Å². The lowest BCUT2D eigenvalue weighted by Crippen LogP contribution is -2.75. The van der Waals surface area contributed by atoms with Crippen molar-refractivity contribution in [2.75, 3.05) is 34.4 Å². The van der Waals surface area contributed by atoms with Gasteiger partial charge in [0.25, 0.3) is 5.91 Å². The molecule has 0 bridgehead atoms. The average molecular weight is 265 g/mol. The Morgan fingerprint density at radius 2 is 1.79 bits per heavy atom. The lowest BCUT2D eigenvalue weighted by molar-refractivity contribution is -0.344. The maximum atomic E-state index is 5.70. The van der Waals surface area contributed by atoms with Gasteiger partial charge in [0.1, 0.15) is 0 Å². The second-order valence-electron chi connectivity index (χ2n) is 4.48. The van der Waals surface area contributed by atoms with Crippen molar-refractivity contribution >= 4 is 0 Å². The summed E-state index contributed by atoms with van der Waals surface area (Å²) in [6, 6.07) is 10.1. The van der Waals surface area contributed by atoms with E-state index in [-0.39, 0.29) is 0 Å². The van der Waals surface area contributed by atoms with E-state index in [0.29, 0.717) is 19.5 Å². The largest absolute Gasteiger partial charge is 0.355 e. The maximum absolute atomic E-state index is 5.70. The Balaban J connectivity index is 2.32. The van der Waals surface area contributed by atoms with Crippen LogP contribution in [0.3, 0.4) is 0 Å². The fraction of sp³-hybridized carbons (Fsp3) is 0.571. The standard InChI is InChI=1S/C14H21N2O3/c1-17-13(11-12-7-5-4-6-8-12)14(18-2,19-3)16-10-9-15-13/h4-8,16H,9-11H2,1-3H3. The van der Waals surface area contributed by atoms with Crippen LogP contribution in [0.4, 0.5) is 0 Å². The molecule has 2 rings (SSSR count). The molecule has 0 aliphatic carbocycles. The maximum Gasteiger partial charge on any atom is 0.273 e. The van der Waals surface area contributed by atoms with Gasteiger partial charge in [-0.15, -0.1) is 0 Å². The molecule has 19 heavy (non-hydrogen) atoms. The predicted octanol–water partition coefficient (Wildman–Crippen LogP) is 0.726. The van der Waals surface area contributed by atoms with Crippen LogP contribution in [-0.4, -0.2) is 46.1 Å². The van der Waals surface area contributed by atoms with E-state index in [4.69, 9.17) is 14.2 Å². The minimum absolute atomic E-state index is 0.582. The molecule has 0 saturated carbocycles. The lowest BCUT2D eigenvalue weighted by Gasteiger charge is -2.49. The zero-order chi connectivity index (χ0) is 13.8. The van der Waals surface area contributed by atoms with Gasteiger partial charge in [-0.05, 0) is 5.56 Å². The molecular formula is C14H21N2O3. The Hall–Kier alpha value is -0.980. The number of nitrogens with one attached hydrogen (secondary N) is 1. The molecule has 0 amide bonds. The molecule has 0 spiro atoms. The fourth-order valence-electron chi connectivity index (χ4n) is 2.56. The predicted molar refractivity (Wildman–Crippen MR) is 71.6 cm³/mol. The van der Waals surface area contributed by atoms with E-state index >= 15 is 0 Å². The summed E-state index contributed by atoms with van der Waals surface area (Å²) >= 11 is 0. The summed E-state index contributed by atoms with van der Waals surface area (Å²) < 4.78 is 16.8. The third-order valence-electron chi connectivity index (χ3n) is 3.55. The van der Waals surface area contributed by atoms with E-state index in [1.807, 2.05) is 30.3 Å². The summed E-state index contributed by atoms with van der Waals surface area (Å²) in [7, 11) is 4.82. The molecule has 1 N–H and O–H groups in total. The highest BCUT2D eigenvalue weighted by Crippen LogP contribution is 2.32. The van der Waals surface area contributed by atoms with Gasteiger partial charge in [0, 0.05) is 40.8 Å². The zero-order valence-electron chi connectivity index (χ0n) is 11.7. The van der Waals surface area contributed by atoms with Crippen LogP contribution in [-0.2, 0) is 20.6 Å². The molecule has 105 valence electrons. The van der Waals surface area contributed by atoms with Crippen LogP contribution >= 0.6 is 0 Å². The highest BCUT2D eigenvalue weighted by molar-refractivity contribution is 5.18. The minimum atomic E-state index is -1.06. The van der Waals surface area contributed by atoms with E-state index in [0.717, 1.165) is 5.56 Å². The number of benzene rings is 1. The van der Waals surface area contributed by atoms with Crippen LogP contribution in [0.15, 0.2) is 30.3 Å². The number of nitrogens with zero attached hydrogens (tertiary/aromatic N) is 1. The fourth-order valence-corrected chi connectivity index (χ4v) is 2.56. The van der Waals surface area contributed by atoms with Crippen molar-refractivity contribution < 1.29 is 14.2 Å². The topological polar surface area (TPSA) is 53.8 Å². The van der Waals surface area contributed by atoms with Gasteiger partial charge < -0.3 is 14.2 Å². The molecule has 1 heterocycles. The smallest absolute Gasteiger partial charge is 0.273 e. The second kappa shape index (κ2) is 5.98. The van der Waals surface area contributed by atoms with Crippen molar-refractivity contribution in [3.05, 3.63) is 35.9 Å². The summed E-state index contributed by atoms with van der Waals surface area (Å²) in [5, 5.41) is 7.87. The third kappa shape index (κ3) is 2.52. The molecule has 1 aromatic rings. The molecule has 1 aliphatic rings. The molecule has 1 atom stereocenters. The number of piperazine rings is 1. The first-order chi connectivity index (χ1) is 9.22. The molecular weight excluding hydrogens is 244 g/mol. The van der Waals surface area contributed by atoms with E-state index < -0.39 is 11.6 Å². The molecule has 1 unspecified atom stereocenters. The van der Waals surface area contributed by atoms with Crippen molar-refractivity contribution in [1.82, 2.24) is 10.6 Å². The summed E-state index contributed by atoms with van der Waals surface area (Å²) in [4.78, 5) is 0. The average Bonchev–Trinajstić information content (AvgIpc) is 2.49. The van der Waals surface area contributed by atoms with Crippen molar-refractivity contribution in [3.8, 4) is 0 Å². The summed E-state index contributed by atoms with van der Waals surface area (Å²) in [5.41, 5.74) is 0.228. The monoisotopic (exact) mass is 265 g/mol. The first-order valence-corrected chi connectivity index (χ1v) is 6.35. The number of methoxy groups -OCH3 is 3. The number of hydrogen-bond donors (Lipinski definition) is 1. The van der Waals surface area contributed by atoms with Crippen LogP contribution in [0.5, 0.6) is 0 Å². The Bertz CT molecular complexity index is 395. The molecule has 1 fully saturated rings. The van der Waals surface area contributed by atoms with Gasteiger partial charge in [-0.2, -0.15) is 0 Å². The Labute approximate surface area is 114 Å². The van der Waals surface area contributed by atoms with Crippen LogP contribution in [0, 0.1) is 0 Å². The molecule has 1 radical (unpaired) electrons. The first kappa shape index (κ1) is 14.4. The normalized spacial score (nSPS) is 26.3.